The van der Waals surface area contributed by atoms with Crippen molar-refractivity contribution in [2.24, 2.45) is 23.7 Å². The van der Waals surface area contributed by atoms with Crippen LogP contribution in [0.15, 0.2) is 148 Å². The van der Waals surface area contributed by atoms with Crippen LogP contribution in [0.1, 0.15) is 196 Å². The molecule has 0 bridgehead atoms. The van der Waals surface area contributed by atoms with Gasteiger partial charge in [-0.25, -0.2) is 19.6 Å². The van der Waals surface area contributed by atoms with Gasteiger partial charge >= 0.3 is 47.5 Å². The van der Waals surface area contributed by atoms with E-state index in [9.17, 15) is 53.4 Å². The largest absolute Gasteiger partial charge is 1.00 e. The predicted molar refractivity (Wildman–Crippen MR) is 453 cm³/mol. The number of likely N-dealkylation sites (tertiary alicyclic amines) is 1. The van der Waals surface area contributed by atoms with Crippen molar-refractivity contribution in [2.75, 3.05) is 27.3 Å². The molecule has 2 fully saturated rings. The number of benzene rings is 2. The topological polar surface area (TPSA) is 545 Å². The van der Waals surface area contributed by atoms with Crippen LogP contribution in [-0.2, 0) is 54.6 Å². The number of nitriles is 2. The van der Waals surface area contributed by atoms with Gasteiger partial charge in [-0.15, -0.1) is 22.7 Å². The van der Waals surface area contributed by atoms with Crippen molar-refractivity contribution in [3.05, 3.63) is 219 Å². The first-order chi connectivity index (χ1) is 57.9. The maximum Gasteiger partial charge on any atom is 1.00 e. The molecule has 13 rings (SSSR count). The Balaban J connectivity index is 0.000000507. The minimum absolute atomic E-state index is 0. The number of methoxy groups -OCH3 is 2. The number of nitrogens with zero attached hydrogens (tertiary/aromatic N) is 9. The van der Waals surface area contributed by atoms with Crippen LogP contribution in [-0.4, -0.2) is 167 Å². The number of hydrogen-bond donors (Lipinski definition) is 9. The average Bonchev–Trinajstić information content (AvgIpc) is 1.62. The summed E-state index contributed by atoms with van der Waals surface area (Å²) in [7, 11) is 2.50. The molecule has 124 heavy (non-hydrogen) atoms. The van der Waals surface area contributed by atoms with Gasteiger partial charge in [-0.2, -0.15) is 26.0 Å². The van der Waals surface area contributed by atoms with E-state index in [4.69, 9.17) is 38.8 Å². The maximum absolute atomic E-state index is 13.4. The molecule has 11 aromatic rings. The normalized spacial score (nSPS) is 14.6. The number of nitrogens with one attached hydrogen (secondary N) is 5. The van der Waals surface area contributed by atoms with E-state index in [0.29, 0.717) is 55.3 Å². The second-order valence-electron chi connectivity index (χ2n) is 29.6. The molecule has 0 aliphatic carbocycles. The molecule has 2 saturated heterocycles. The average molecular weight is 1760 g/mol. The number of aliphatic hydroxyl groups is 3. The summed E-state index contributed by atoms with van der Waals surface area (Å²) in [6.45, 7) is 29.7. The Hall–Kier alpha value is -11.5. The number of hydrogen-bond acceptors (Lipinski definition) is 32. The third kappa shape index (κ3) is 35.4. The third-order valence-electron chi connectivity index (χ3n) is 17.4. The molecule has 9 N–H and O–H groups in total. The molecule has 7 atom stereocenters. The fourth-order valence-electron chi connectivity index (χ4n) is 11.5. The first-order valence-corrected chi connectivity index (χ1v) is 40.4. The quantitative estimate of drug-likeness (QED) is 0.0241. The van der Waals surface area contributed by atoms with Gasteiger partial charge in [-0.05, 0) is 100 Å². The number of aromatic nitrogens is 9. The number of aryl methyl sites for hydroxylation is 7. The molecule has 2 aliphatic heterocycles. The summed E-state index contributed by atoms with van der Waals surface area (Å²) < 4.78 is 41.9. The van der Waals surface area contributed by atoms with Crippen LogP contribution in [0.25, 0.3) is 20.9 Å². The zero-order valence-corrected chi connectivity index (χ0v) is 76.2. The van der Waals surface area contributed by atoms with Crippen LogP contribution in [0.3, 0.4) is 0 Å². The number of β-amino-alcohol motifs (C(OH)–C–C–N with tert-alkyl or cyclic N) is 2. The number of H-pyrrole nitrogens is 3. The molecule has 3 unspecified atom stereocenters. The van der Waals surface area contributed by atoms with E-state index < -0.39 is 58.6 Å². The van der Waals surface area contributed by atoms with Crippen LogP contribution in [0, 0.1) is 87.9 Å². The third-order valence-corrected chi connectivity index (χ3v) is 19.4. The van der Waals surface area contributed by atoms with E-state index in [1.807, 2.05) is 115 Å². The van der Waals surface area contributed by atoms with Crippen molar-refractivity contribution < 1.29 is 121 Å². The number of ketones is 1. The van der Waals surface area contributed by atoms with Gasteiger partial charge in [0.1, 0.15) is 36.2 Å². The van der Waals surface area contributed by atoms with Gasteiger partial charge in [-0.3, -0.25) is 33.6 Å². The number of aliphatic hydroxyl groups excluding tert-OH is 3. The van der Waals surface area contributed by atoms with Crippen molar-refractivity contribution in [3.63, 3.8) is 0 Å². The number of ether oxygens (including phenoxy) is 2. The molecule has 2 aliphatic rings. The van der Waals surface area contributed by atoms with Crippen molar-refractivity contribution in [1.82, 2.24) is 61.6 Å². The standard InChI is InChI=1S/C24H28N4O5S.C17H20N2O2S.C9H12N2O.C8H11NO4.C6H6N2O.C6H7NO3.C5H5NO4.C5H7NO2.C4H10.B.Na.H/c1-13(2)21(19-9-20(30)27-33-19)24(32)28-11-17(29)8-18(28)23(31)25-10-15-4-6-16(7-5-15)22-14(3)26-12-34-22;1-11-17(22-10-19-11)13-5-2-12(3-6-13)4-7-16(21)15-8-14(20)9-18-15;1-6(2)8(5-10)9-4-7(3)11-12-9;1-4(2)7(8(11)12)5-3-6(10)9-13-5;1-5-4-6(2-3-7)9-8-5;1-4-3-5(10-7-4)6(8)9-2;1-9-5(8)3-2-4(7)6-10-3;1-4-2-5(3-7)8-6-4;1-4(2)3;;;/h4-7,9,12-13,17-18,21,29H,8,10-11H2,1-3H3,(H,25,31)(H,27,30);2-3,5-6,10,14-15,18,20H,4,7-9H2,1H3;4,6,8H,1-3H3;3-4,7H,1-2H3,(H,9,10)(H,11,12);4H,2H2,1H3;3H,1-2H3;2H,1H3,(H,6,7);2,7H,3H2,1H3;4H,1-3H3;;;/q;;;;;;;;;;+1;-1/t17-,18+,21?;14-,15+;;;;;;;;;;/m11........../s1. The van der Waals surface area contributed by atoms with E-state index in [1.165, 1.54) is 47.8 Å². The second-order valence-corrected chi connectivity index (χ2v) is 31.3. The molecule has 3 radical (unpaired) electrons. The van der Waals surface area contributed by atoms with Crippen LogP contribution in [0.2, 0.25) is 0 Å². The summed E-state index contributed by atoms with van der Waals surface area (Å²) in [4.78, 5) is 115. The van der Waals surface area contributed by atoms with Crippen LogP contribution >= 0.6 is 22.7 Å². The summed E-state index contributed by atoms with van der Waals surface area (Å²) in [5.41, 5.74) is 11.9. The number of carbonyl (C=O) groups excluding carboxylic acids is 5. The summed E-state index contributed by atoms with van der Waals surface area (Å²) in [5, 5.41) is 80.6. The van der Waals surface area contributed by atoms with Gasteiger partial charge < -0.3 is 78.5 Å². The number of aliphatic carboxylic acids is 1. The van der Waals surface area contributed by atoms with Crippen molar-refractivity contribution >= 4 is 66.6 Å². The molecule has 36 nitrogen and oxygen atoms in total. The van der Waals surface area contributed by atoms with Gasteiger partial charge in [0.15, 0.2) is 28.8 Å². The first-order valence-electron chi connectivity index (χ1n) is 38.6. The van der Waals surface area contributed by atoms with E-state index in [-0.39, 0.29) is 135 Å². The molecule has 661 valence electrons. The Kier molecular flexibility index (Phi) is 46.6. The number of carboxylic acids is 1. The minimum atomic E-state index is -0.988. The zero-order chi connectivity index (χ0) is 90.4. The predicted octanol–water partition coefficient (Wildman–Crippen LogP) is 8.25. The summed E-state index contributed by atoms with van der Waals surface area (Å²) >= 11 is 3.23. The van der Waals surface area contributed by atoms with Gasteiger partial charge in [0, 0.05) is 77.3 Å². The van der Waals surface area contributed by atoms with Crippen LogP contribution < -0.4 is 56.9 Å². The number of Topliss-reactive ketones (excluding diaryl/α,β-unsaturated/α-hetero) is 1. The molecular weight excluding hydrogens is 1650 g/mol. The van der Waals surface area contributed by atoms with E-state index in [2.05, 4.69) is 126 Å². The van der Waals surface area contributed by atoms with E-state index >= 15 is 0 Å². The van der Waals surface area contributed by atoms with Gasteiger partial charge in [0.2, 0.25) is 23.3 Å². The van der Waals surface area contributed by atoms with Crippen LogP contribution in [0.4, 0.5) is 0 Å². The summed E-state index contributed by atoms with van der Waals surface area (Å²) in [6, 6.07) is 29.6. The molecular formula is C84H107BN14NaO22S2. The number of rotatable bonds is 21. The summed E-state index contributed by atoms with van der Waals surface area (Å²) in [5.74, 6) is -1.26. The number of amides is 2. The number of carboxylic acid groups (broad SMARTS) is 1. The molecule has 0 spiro atoms. The number of thiazole rings is 2. The number of aromatic amines is 3. The summed E-state index contributed by atoms with van der Waals surface area (Å²) in [6.07, 6.45) is 1.09. The number of esters is 2. The van der Waals surface area contributed by atoms with Crippen LogP contribution in [0.5, 0.6) is 0 Å². The van der Waals surface area contributed by atoms with E-state index in [0.717, 1.165) is 68.4 Å². The molecule has 2 aromatic carbocycles. The molecule has 11 heterocycles. The maximum atomic E-state index is 13.4. The SMILES string of the molecule is CC(C)C.CC(C)C(C(=O)O)c1cc(=O)[nH]o1.COC(=O)c1cc(=O)[nH]o1.COC(=O)c1cc(C)no1.Cc1cc(C(C#N)C(C)C)on1.Cc1cc(CC#N)on1.Cc1cc(CO)on1.Cc1ncsc1-c1ccc(CCC(=O)[C@@H]2C[C@@H](O)CN2)cc1.Cc1ncsc1-c1ccc(CNC(=O)[C@@H]2C[C@@H](O)CN2C(=O)C(c2cc(=O)[nH]o2)C(C)C)cc1.[B].[H-].[Na+]. The molecule has 40 heteroatoms. The number of carbonyl (C=O) groups is 6. The Morgan fingerprint density at radius 1 is 0.605 bits per heavy atom. The monoisotopic (exact) mass is 1760 g/mol. The Morgan fingerprint density at radius 2 is 1.08 bits per heavy atom. The minimum Gasteiger partial charge on any atom is -1.00 e. The van der Waals surface area contributed by atoms with Crippen molar-refractivity contribution in [1.29, 1.82) is 10.5 Å². The van der Waals surface area contributed by atoms with Gasteiger partial charge in [0.05, 0.1) is 112 Å². The molecule has 2 amide bonds. The van der Waals surface area contributed by atoms with E-state index in [1.54, 1.807) is 55.6 Å². The Labute approximate surface area is 749 Å². The fourth-order valence-corrected chi connectivity index (χ4v) is 13.1. The van der Waals surface area contributed by atoms with Crippen molar-refractivity contribution in [2.45, 2.75) is 191 Å². The Bertz CT molecular complexity index is 5330. The van der Waals surface area contributed by atoms with Crippen molar-refractivity contribution in [3.8, 4) is 33.0 Å². The molecule has 9 aromatic heterocycles. The zero-order valence-electron chi connectivity index (χ0n) is 73.6. The fraction of sp³-hybridized carbons (Fsp3) is 0.440. The van der Waals surface area contributed by atoms with Gasteiger partial charge in [0.25, 0.3) is 16.7 Å². The van der Waals surface area contributed by atoms with Gasteiger partial charge in [-0.1, -0.05) is 131 Å². The first kappa shape index (κ1) is 107. The second kappa shape index (κ2) is 54.2. The Morgan fingerprint density at radius 3 is 1.46 bits per heavy atom. The molecule has 0 saturated carbocycles. The smallest absolute Gasteiger partial charge is 1.00 e.